The molecule has 2 aromatic carbocycles. The maximum Gasteiger partial charge on any atom is 0.257 e. The topological polar surface area (TPSA) is 67.7 Å². The highest BCUT2D eigenvalue weighted by Gasteiger charge is 2.43. The minimum atomic E-state index is -0.281. The molecule has 5 rings (SSSR count). The second-order valence-corrected chi connectivity index (χ2v) is 7.83. The van der Waals surface area contributed by atoms with Gasteiger partial charge in [0.2, 0.25) is 0 Å². The largest absolute Gasteiger partial charge is 0.485 e. The van der Waals surface area contributed by atoms with Gasteiger partial charge in [0.05, 0.1) is 24.3 Å². The monoisotopic (exact) mass is 402 g/mol. The molecule has 0 radical (unpaired) electrons. The normalized spacial score (nSPS) is 20.4. The van der Waals surface area contributed by atoms with Gasteiger partial charge in [0.15, 0.2) is 0 Å². The lowest BCUT2D eigenvalue weighted by molar-refractivity contribution is 0.0674. The number of aromatic nitrogens is 2. The molecule has 2 aliphatic heterocycles. The van der Waals surface area contributed by atoms with E-state index in [0.717, 1.165) is 11.1 Å². The Kier molecular flexibility index (Phi) is 4.31. The van der Waals surface area contributed by atoms with Crippen LogP contribution in [0, 0.1) is 0 Å². The number of likely N-dealkylation sites (tertiary alicyclic amines) is 1. The van der Waals surface area contributed by atoms with Crippen molar-refractivity contribution in [3.8, 4) is 16.9 Å². The molecular formula is C23H22N4O3. The number of carbonyl (C=O) groups is 2. The Morgan fingerprint density at radius 2 is 1.87 bits per heavy atom. The second kappa shape index (κ2) is 7.02. The summed E-state index contributed by atoms with van der Waals surface area (Å²) in [4.78, 5) is 29.5. The number of aryl methyl sites for hydroxylation is 1. The lowest BCUT2D eigenvalue weighted by Crippen LogP contribution is -2.44. The molecule has 1 aromatic heterocycles. The van der Waals surface area contributed by atoms with Crippen molar-refractivity contribution in [2.24, 2.45) is 7.05 Å². The fourth-order valence-corrected chi connectivity index (χ4v) is 4.22. The first-order valence-corrected chi connectivity index (χ1v) is 9.92. The van der Waals surface area contributed by atoms with E-state index in [-0.39, 0.29) is 24.0 Å². The zero-order chi connectivity index (χ0) is 20.8. The van der Waals surface area contributed by atoms with Crippen molar-refractivity contribution in [1.82, 2.24) is 19.6 Å². The van der Waals surface area contributed by atoms with E-state index in [1.807, 2.05) is 61.8 Å². The van der Waals surface area contributed by atoms with Crippen LogP contribution in [0.1, 0.15) is 20.7 Å². The van der Waals surface area contributed by atoms with Gasteiger partial charge in [-0.3, -0.25) is 14.3 Å². The van der Waals surface area contributed by atoms with Crippen LogP contribution in [0.3, 0.4) is 0 Å². The van der Waals surface area contributed by atoms with Gasteiger partial charge in [-0.15, -0.1) is 0 Å². The zero-order valence-electron chi connectivity index (χ0n) is 16.9. The van der Waals surface area contributed by atoms with Gasteiger partial charge in [0, 0.05) is 38.0 Å². The molecule has 2 atom stereocenters. The summed E-state index contributed by atoms with van der Waals surface area (Å²) in [5.74, 6) is 0.413. The predicted molar refractivity (Wildman–Crippen MR) is 111 cm³/mol. The summed E-state index contributed by atoms with van der Waals surface area (Å²) in [5, 5.41) is 4.22. The number of carbonyl (C=O) groups excluding carboxylic acids is 2. The Balaban J connectivity index is 1.45. The lowest BCUT2D eigenvalue weighted by atomic mass is 10.1. The van der Waals surface area contributed by atoms with Gasteiger partial charge in [0.1, 0.15) is 11.9 Å². The first-order chi connectivity index (χ1) is 14.5. The van der Waals surface area contributed by atoms with Gasteiger partial charge in [-0.25, -0.2) is 0 Å². The van der Waals surface area contributed by atoms with Crippen LogP contribution in [0.4, 0.5) is 0 Å². The highest BCUT2D eigenvalue weighted by Crippen LogP contribution is 2.34. The van der Waals surface area contributed by atoms with Crippen LogP contribution in [0.5, 0.6) is 5.75 Å². The summed E-state index contributed by atoms with van der Waals surface area (Å²) in [6.45, 7) is 0.886. The van der Waals surface area contributed by atoms with E-state index in [9.17, 15) is 9.59 Å². The highest BCUT2D eigenvalue weighted by molar-refractivity contribution is 5.98. The van der Waals surface area contributed by atoms with E-state index in [0.29, 0.717) is 30.0 Å². The molecule has 0 bridgehead atoms. The van der Waals surface area contributed by atoms with Crippen molar-refractivity contribution in [3.05, 3.63) is 72.1 Å². The van der Waals surface area contributed by atoms with E-state index in [2.05, 4.69) is 5.10 Å². The van der Waals surface area contributed by atoms with Crippen LogP contribution >= 0.6 is 0 Å². The van der Waals surface area contributed by atoms with Crippen molar-refractivity contribution >= 4 is 11.8 Å². The molecule has 0 N–H and O–H groups in total. The molecule has 2 amide bonds. The number of rotatable bonds is 2. The molecule has 3 aromatic rings. The average molecular weight is 402 g/mol. The molecule has 7 heteroatoms. The molecule has 3 heterocycles. The molecule has 0 saturated carbocycles. The smallest absolute Gasteiger partial charge is 0.257 e. The zero-order valence-corrected chi connectivity index (χ0v) is 16.9. The van der Waals surface area contributed by atoms with Crippen molar-refractivity contribution < 1.29 is 14.3 Å². The molecular weight excluding hydrogens is 380 g/mol. The Bertz CT molecular complexity index is 1120. The number of hydrogen-bond donors (Lipinski definition) is 0. The van der Waals surface area contributed by atoms with Gasteiger partial charge < -0.3 is 14.5 Å². The standard InChI is InChI=1S/C23H22N4O3/c1-25-12-17(11-24-25)16-8-9-18-20(10-16)30-21-14-27(13-19(21)26(2)23(18)29)22(28)15-6-4-3-5-7-15/h3-12,19,21H,13-14H2,1-2H3. The summed E-state index contributed by atoms with van der Waals surface area (Å²) in [7, 11) is 3.65. The molecule has 1 fully saturated rings. The van der Waals surface area contributed by atoms with Crippen LogP contribution in [0.2, 0.25) is 0 Å². The Hall–Kier alpha value is -3.61. The number of likely N-dealkylation sites (N-methyl/N-ethyl adjacent to an activating group) is 1. The number of amides is 2. The van der Waals surface area contributed by atoms with Crippen LogP contribution in [0.15, 0.2) is 60.9 Å². The third-order valence-corrected chi connectivity index (χ3v) is 5.89. The predicted octanol–water partition coefficient (Wildman–Crippen LogP) is 2.44. The third-order valence-electron chi connectivity index (χ3n) is 5.89. The summed E-state index contributed by atoms with van der Waals surface area (Å²) >= 11 is 0. The van der Waals surface area contributed by atoms with Crippen LogP contribution in [0.25, 0.3) is 11.1 Å². The summed E-state index contributed by atoms with van der Waals surface area (Å²) in [6.07, 6.45) is 3.42. The quantitative estimate of drug-likeness (QED) is 0.660. The summed E-state index contributed by atoms with van der Waals surface area (Å²) < 4.78 is 8.06. The van der Waals surface area contributed by atoms with Gasteiger partial charge >= 0.3 is 0 Å². The molecule has 0 spiro atoms. The van der Waals surface area contributed by atoms with E-state index in [1.165, 1.54) is 0 Å². The van der Waals surface area contributed by atoms with Gasteiger partial charge in [-0.05, 0) is 29.8 Å². The van der Waals surface area contributed by atoms with Crippen molar-refractivity contribution in [2.45, 2.75) is 12.1 Å². The number of fused-ring (bicyclic) bond motifs is 2. The minimum Gasteiger partial charge on any atom is -0.485 e. The van der Waals surface area contributed by atoms with Gasteiger partial charge in [-0.2, -0.15) is 5.10 Å². The van der Waals surface area contributed by atoms with Gasteiger partial charge in [-0.1, -0.05) is 24.3 Å². The van der Waals surface area contributed by atoms with E-state index in [1.54, 1.807) is 27.7 Å². The molecule has 30 heavy (non-hydrogen) atoms. The maximum atomic E-state index is 13.1. The molecule has 7 nitrogen and oxygen atoms in total. The fraction of sp³-hybridized carbons (Fsp3) is 0.261. The van der Waals surface area contributed by atoms with E-state index in [4.69, 9.17) is 4.74 Å². The van der Waals surface area contributed by atoms with Crippen LogP contribution in [-0.4, -0.2) is 63.7 Å². The molecule has 2 unspecified atom stereocenters. The van der Waals surface area contributed by atoms with Crippen molar-refractivity contribution in [3.63, 3.8) is 0 Å². The highest BCUT2D eigenvalue weighted by atomic mass is 16.5. The van der Waals surface area contributed by atoms with Gasteiger partial charge in [0.25, 0.3) is 11.8 Å². The minimum absolute atomic E-state index is 0.0440. The summed E-state index contributed by atoms with van der Waals surface area (Å²) in [6, 6.07) is 14.6. The SMILES string of the molecule is CN1C(=O)c2ccc(-c3cnn(C)c3)cc2OC2CN(C(=O)c3ccccc3)CC21. The number of nitrogens with zero attached hydrogens (tertiary/aromatic N) is 4. The number of hydrogen-bond acceptors (Lipinski definition) is 4. The average Bonchev–Trinajstić information content (AvgIpc) is 3.37. The molecule has 2 aliphatic rings. The maximum absolute atomic E-state index is 13.1. The molecule has 152 valence electrons. The summed E-state index contributed by atoms with van der Waals surface area (Å²) in [5.41, 5.74) is 3.08. The van der Waals surface area contributed by atoms with Crippen molar-refractivity contribution in [1.29, 1.82) is 0 Å². The Morgan fingerprint density at radius 3 is 2.60 bits per heavy atom. The van der Waals surface area contributed by atoms with E-state index < -0.39 is 0 Å². The van der Waals surface area contributed by atoms with E-state index >= 15 is 0 Å². The number of benzene rings is 2. The third kappa shape index (κ3) is 3.03. The first-order valence-electron chi connectivity index (χ1n) is 9.92. The first kappa shape index (κ1) is 18.4. The molecule has 0 aliphatic carbocycles. The Morgan fingerprint density at radius 1 is 1.07 bits per heavy atom. The van der Waals surface area contributed by atoms with Crippen LogP contribution < -0.4 is 4.74 Å². The fourth-order valence-electron chi connectivity index (χ4n) is 4.22. The second-order valence-electron chi connectivity index (χ2n) is 7.83. The molecule has 1 saturated heterocycles. The Labute approximate surface area is 174 Å². The van der Waals surface area contributed by atoms with Crippen LogP contribution in [-0.2, 0) is 7.05 Å². The number of ether oxygens (including phenoxy) is 1. The van der Waals surface area contributed by atoms with Crippen molar-refractivity contribution in [2.75, 3.05) is 20.1 Å². The lowest BCUT2D eigenvalue weighted by Gasteiger charge is -2.25.